The third kappa shape index (κ3) is 3.11. The monoisotopic (exact) mass is 272 g/mol. The Bertz CT molecular complexity index is 638. The lowest BCUT2D eigenvalue weighted by Gasteiger charge is -2.06. The molecule has 0 radical (unpaired) electrons. The largest absolute Gasteiger partial charge is 0.497 e. The van der Waals surface area contributed by atoms with E-state index < -0.39 is 5.97 Å². The maximum absolute atomic E-state index is 12.0. The lowest BCUT2D eigenvalue weighted by Crippen LogP contribution is -2.14. The molecule has 0 unspecified atom stereocenters. The number of carbonyl (C=O) groups excluding carboxylic acids is 1. The van der Waals surface area contributed by atoms with Crippen molar-refractivity contribution in [3.63, 3.8) is 0 Å². The summed E-state index contributed by atoms with van der Waals surface area (Å²) in [6, 6.07) is 10.9. The first-order valence-corrected chi connectivity index (χ1v) is 5.76. The zero-order valence-electron chi connectivity index (χ0n) is 10.7. The van der Waals surface area contributed by atoms with Crippen LogP contribution in [0.2, 0.25) is 0 Å². The van der Waals surface area contributed by atoms with Crippen LogP contribution in [0.4, 0.5) is 5.82 Å². The molecule has 0 aliphatic rings. The zero-order valence-corrected chi connectivity index (χ0v) is 10.7. The molecule has 0 bridgehead atoms. The van der Waals surface area contributed by atoms with E-state index in [0.29, 0.717) is 11.3 Å². The fraction of sp³-hybridized carbons (Fsp3) is 0.0714. The van der Waals surface area contributed by atoms with E-state index in [4.69, 9.17) is 9.84 Å². The van der Waals surface area contributed by atoms with Gasteiger partial charge in [-0.1, -0.05) is 6.07 Å². The van der Waals surface area contributed by atoms with E-state index in [2.05, 4.69) is 10.3 Å². The van der Waals surface area contributed by atoms with Crippen molar-refractivity contribution in [2.45, 2.75) is 0 Å². The molecule has 0 fully saturated rings. The smallest absolute Gasteiger partial charge is 0.354 e. The van der Waals surface area contributed by atoms with Crippen molar-refractivity contribution in [2.75, 3.05) is 12.4 Å². The normalized spacial score (nSPS) is 9.85. The number of aromatic carboxylic acids is 1. The van der Waals surface area contributed by atoms with Crippen molar-refractivity contribution >= 4 is 17.7 Å². The van der Waals surface area contributed by atoms with Crippen LogP contribution in [0.15, 0.2) is 42.5 Å². The molecule has 6 nitrogen and oxygen atoms in total. The van der Waals surface area contributed by atoms with Crippen LogP contribution < -0.4 is 10.1 Å². The Hall–Kier alpha value is -2.89. The molecule has 2 aromatic rings. The van der Waals surface area contributed by atoms with Crippen molar-refractivity contribution in [2.24, 2.45) is 0 Å². The van der Waals surface area contributed by atoms with Crippen LogP contribution in [0.1, 0.15) is 20.8 Å². The number of hydrogen-bond donors (Lipinski definition) is 2. The number of anilines is 1. The lowest BCUT2D eigenvalue weighted by molar-refractivity contribution is 0.0690. The first-order valence-electron chi connectivity index (χ1n) is 5.76. The first-order chi connectivity index (χ1) is 9.60. The Labute approximate surface area is 115 Å². The summed E-state index contributed by atoms with van der Waals surface area (Å²) in [5, 5.41) is 11.4. The Balaban J connectivity index is 2.14. The number of hydrogen-bond acceptors (Lipinski definition) is 4. The molecule has 6 heteroatoms. The van der Waals surface area contributed by atoms with Gasteiger partial charge >= 0.3 is 5.97 Å². The van der Waals surface area contributed by atoms with E-state index in [1.807, 2.05) is 0 Å². The SMILES string of the molecule is COc1ccc(C(=O)Nc2cccc(C(=O)O)n2)cc1. The predicted octanol–water partition coefficient (Wildman–Crippen LogP) is 2.04. The molecule has 2 rings (SSSR count). The Morgan fingerprint density at radius 1 is 1.15 bits per heavy atom. The van der Waals surface area contributed by atoms with E-state index >= 15 is 0 Å². The summed E-state index contributed by atoms with van der Waals surface area (Å²) in [6.45, 7) is 0. The van der Waals surface area contributed by atoms with Crippen LogP contribution in [0.3, 0.4) is 0 Å². The molecular formula is C14H12N2O4. The number of benzene rings is 1. The first kappa shape index (κ1) is 13.5. The summed E-state index contributed by atoms with van der Waals surface area (Å²) in [7, 11) is 1.54. The number of nitrogens with one attached hydrogen (secondary N) is 1. The Morgan fingerprint density at radius 3 is 2.45 bits per heavy atom. The van der Waals surface area contributed by atoms with Crippen molar-refractivity contribution in [3.8, 4) is 5.75 Å². The van der Waals surface area contributed by atoms with Crippen LogP contribution in [0, 0.1) is 0 Å². The minimum Gasteiger partial charge on any atom is -0.497 e. The van der Waals surface area contributed by atoms with Gasteiger partial charge in [-0.05, 0) is 36.4 Å². The summed E-state index contributed by atoms with van der Waals surface area (Å²) in [4.78, 5) is 26.6. The average Bonchev–Trinajstić information content (AvgIpc) is 2.47. The van der Waals surface area contributed by atoms with Crippen molar-refractivity contribution in [1.82, 2.24) is 4.98 Å². The molecule has 0 atom stereocenters. The average molecular weight is 272 g/mol. The quantitative estimate of drug-likeness (QED) is 0.889. The number of amides is 1. The van der Waals surface area contributed by atoms with Crippen LogP contribution in [-0.2, 0) is 0 Å². The van der Waals surface area contributed by atoms with Gasteiger partial charge in [-0.2, -0.15) is 0 Å². The number of nitrogens with zero attached hydrogens (tertiary/aromatic N) is 1. The van der Waals surface area contributed by atoms with Gasteiger partial charge in [0.25, 0.3) is 5.91 Å². The van der Waals surface area contributed by atoms with Crippen molar-refractivity contribution in [1.29, 1.82) is 0 Å². The van der Waals surface area contributed by atoms with E-state index in [1.54, 1.807) is 24.3 Å². The highest BCUT2D eigenvalue weighted by atomic mass is 16.5. The van der Waals surface area contributed by atoms with Gasteiger partial charge in [-0.15, -0.1) is 0 Å². The maximum Gasteiger partial charge on any atom is 0.354 e. The highest BCUT2D eigenvalue weighted by Gasteiger charge is 2.09. The van der Waals surface area contributed by atoms with Gasteiger partial charge in [0.1, 0.15) is 11.6 Å². The number of carboxylic acids is 1. The molecule has 0 saturated heterocycles. The molecule has 0 saturated carbocycles. The minimum atomic E-state index is -1.15. The topological polar surface area (TPSA) is 88.5 Å². The molecule has 20 heavy (non-hydrogen) atoms. The highest BCUT2D eigenvalue weighted by Crippen LogP contribution is 2.13. The number of carbonyl (C=O) groups is 2. The van der Waals surface area contributed by atoms with Gasteiger partial charge in [0.15, 0.2) is 5.69 Å². The van der Waals surface area contributed by atoms with Gasteiger partial charge in [0.05, 0.1) is 7.11 Å². The van der Waals surface area contributed by atoms with Crippen molar-refractivity contribution < 1.29 is 19.4 Å². The minimum absolute atomic E-state index is 0.127. The second-order valence-electron chi connectivity index (χ2n) is 3.90. The molecular weight excluding hydrogens is 260 g/mol. The molecule has 1 amide bonds. The van der Waals surface area contributed by atoms with Gasteiger partial charge in [0.2, 0.25) is 0 Å². The number of rotatable bonds is 4. The van der Waals surface area contributed by atoms with Gasteiger partial charge in [-0.3, -0.25) is 4.79 Å². The maximum atomic E-state index is 12.0. The van der Waals surface area contributed by atoms with Gasteiger partial charge in [0, 0.05) is 5.56 Å². The fourth-order valence-electron chi connectivity index (χ4n) is 1.55. The molecule has 1 aromatic heterocycles. The standard InChI is InChI=1S/C14H12N2O4/c1-20-10-7-5-9(6-8-10)13(17)16-12-4-2-3-11(15-12)14(18)19/h2-8H,1H3,(H,18,19)(H,15,16,17). The second kappa shape index (κ2) is 5.83. The number of ether oxygens (including phenoxy) is 1. The van der Waals surface area contributed by atoms with Crippen LogP contribution in [0.25, 0.3) is 0 Å². The number of methoxy groups -OCH3 is 1. The fourth-order valence-corrected chi connectivity index (χ4v) is 1.55. The molecule has 0 spiro atoms. The second-order valence-corrected chi connectivity index (χ2v) is 3.90. The molecule has 0 aliphatic carbocycles. The van der Waals surface area contributed by atoms with E-state index in [1.165, 1.54) is 25.3 Å². The summed E-state index contributed by atoms with van der Waals surface area (Å²) >= 11 is 0. The van der Waals surface area contributed by atoms with E-state index in [-0.39, 0.29) is 17.4 Å². The zero-order chi connectivity index (χ0) is 14.5. The Morgan fingerprint density at radius 2 is 1.85 bits per heavy atom. The number of aromatic nitrogens is 1. The third-order valence-corrected chi connectivity index (χ3v) is 2.56. The summed E-state index contributed by atoms with van der Waals surface area (Å²) in [5.41, 5.74) is 0.297. The predicted molar refractivity (Wildman–Crippen MR) is 72.1 cm³/mol. The summed E-state index contributed by atoms with van der Waals surface area (Å²) < 4.78 is 5.00. The van der Waals surface area contributed by atoms with Gasteiger partial charge < -0.3 is 15.2 Å². The molecule has 102 valence electrons. The molecule has 1 heterocycles. The third-order valence-electron chi connectivity index (χ3n) is 2.56. The van der Waals surface area contributed by atoms with Crippen LogP contribution in [0.5, 0.6) is 5.75 Å². The number of carboxylic acid groups (broad SMARTS) is 1. The molecule has 2 N–H and O–H groups in total. The van der Waals surface area contributed by atoms with Crippen LogP contribution >= 0.6 is 0 Å². The van der Waals surface area contributed by atoms with Gasteiger partial charge in [-0.25, -0.2) is 9.78 Å². The Kier molecular flexibility index (Phi) is 3.95. The van der Waals surface area contributed by atoms with Crippen molar-refractivity contribution in [3.05, 3.63) is 53.7 Å². The highest BCUT2D eigenvalue weighted by molar-refractivity contribution is 6.04. The van der Waals surface area contributed by atoms with E-state index in [0.717, 1.165) is 0 Å². The molecule has 0 aliphatic heterocycles. The van der Waals surface area contributed by atoms with E-state index in [9.17, 15) is 9.59 Å². The summed E-state index contributed by atoms with van der Waals surface area (Å²) in [5.74, 6) is -0.688. The summed E-state index contributed by atoms with van der Waals surface area (Å²) in [6.07, 6.45) is 0. The molecule has 1 aromatic carbocycles. The van der Waals surface area contributed by atoms with Crippen LogP contribution in [-0.4, -0.2) is 29.1 Å². The number of pyridine rings is 1. The lowest BCUT2D eigenvalue weighted by atomic mass is 10.2.